The van der Waals surface area contributed by atoms with Gasteiger partial charge in [-0.25, -0.2) is 4.79 Å². The van der Waals surface area contributed by atoms with E-state index < -0.39 is 12.1 Å². The summed E-state index contributed by atoms with van der Waals surface area (Å²) >= 11 is 0. The molecule has 1 heterocycles. The number of carbonyl (C=O) groups is 2. The summed E-state index contributed by atoms with van der Waals surface area (Å²) in [6.45, 7) is 5.76. The molecule has 2 aromatic carbocycles. The highest BCUT2D eigenvalue weighted by molar-refractivity contribution is 6.22. The van der Waals surface area contributed by atoms with Gasteiger partial charge in [0.1, 0.15) is 5.75 Å². The molecule has 1 aliphatic rings. The number of esters is 1. The molecule has 164 valence electrons. The smallest absolute Gasteiger partial charge is 0.339 e. The first kappa shape index (κ1) is 22.6. The molecule has 5 heteroatoms. The Morgan fingerprint density at radius 2 is 1.61 bits per heavy atom. The number of methoxy groups -OCH3 is 1. The predicted octanol–water partition coefficient (Wildman–Crippen LogP) is 4.96. The maximum atomic E-state index is 13.2. The number of nitrogens with zero attached hydrogens (tertiary/aromatic N) is 1. The van der Waals surface area contributed by atoms with Crippen molar-refractivity contribution in [2.75, 3.05) is 7.11 Å². The van der Waals surface area contributed by atoms with Gasteiger partial charge >= 0.3 is 5.97 Å². The van der Waals surface area contributed by atoms with Crippen LogP contribution < -0.4 is 4.74 Å². The molecule has 3 rings (SSSR count). The van der Waals surface area contributed by atoms with Crippen molar-refractivity contribution < 1.29 is 19.1 Å². The first-order valence-corrected chi connectivity index (χ1v) is 10.9. The molecule has 0 unspecified atom stereocenters. The zero-order valence-electron chi connectivity index (χ0n) is 18.7. The lowest BCUT2D eigenvalue weighted by molar-refractivity contribution is -0.158. The summed E-state index contributed by atoms with van der Waals surface area (Å²) < 4.78 is 11.1. The fourth-order valence-electron chi connectivity index (χ4n) is 4.16. The molecule has 0 saturated carbocycles. The predicted molar refractivity (Wildman–Crippen MR) is 122 cm³/mol. The molecule has 0 N–H and O–H groups in total. The fraction of sp³-hybridized carbons (Fsp3) is 0.385. The molecule has 1 fully saturated rings. The molecule has 2 aromatic rings. The Morgan fingerprint density at radius 3 is 2.26 bits per heavy atom. The molecular formula is C26H31NO4. The minimum absolute atomic E-state index is 0.141. The van der Waals surface area contributed by atoms with Crippen LogP contribution in [0.25, 0.3) is 11.6 Å². The monoisotopic (exact) mass is 421 g/mol. The van der Waals surface area contributed by atoms with Crippen molar-refractivity contribution in [3.63, 3.8) is 0 Å². The molecule has 0 aromatic heterocycles. The minimum Gasteiger partial charge on any atom is -0.496 e. The normalized spacial score (nSPS) is 20.1. The number of benzene rings is 2. The molecule has 3 atom stereocenters. The Morgan fingerprint density at radius 1 is 1.00 bits per heavy atom. The summed E-state index contributed by atoms with van der Waals surface area (Å²) in [4.78, 5) is 28.2. The second kappa shape index (κ2) is 10.3. The highest BCUT2D eigenvalue weighted by atomic mass is 16.5. The van der Waals surface area contributed by atoms with E-state index in [2.05, 4.69) is 13.8 Å². The van der Waals surface area contributed by atoms with Gasteiger partial charge in [-0.1, -0.05) is 48.5 Å². The topological polar surface area (TPSA) is 55.8 Å². The van der Waals surface area contributed by atoms with Crippen LogP contribution in [0.3, 0.4) is 0 Å². The average molecular weight is 422 g/mol. The van der Waals surface area contributed by atoms with Crippen LogP contribution >= 0.6 is 0 Å². The third kappa shape index (κ3) is 5.35. The lowest BCUT2D eigenvalue weighted by Gasteiger charge is -2.40. The van der Waals surface area contributed by atoms with Crippen molar-refractivity contribution in [3.8, 4) is 5.75 Å². The summed E-state index contributed by atoms with van der Waals surface area (Å²) in [7, 11) is 1.59. The van der Waals surface area contributed by atoms with E-state index in [-0.39, 0.29) is 18.0 Å². The Kier molecular flexibility index (Phi) is 7.50. The molecular weight excluding hydrogens is 390 g/mol. The lowest BCUT2D eigenvalue weighted by Crippen LogP contribution is -2.51. The Labute approximate surface area is 184 Å². The van der Waals surface area contributed by atoms with Gasteiger partial charge in [0.05, 0.1) is 12.7 Å². The number of carbonyl (C=O) groups excluding carboxylic acids is 2. The van der Waals surface area contributed by atoms with Crippen LogP contribution in [0.1, 0.15) is 51.2 Å². The quantitative estimate of drug-likeness (QED) is 0.376. The number of amides is 1. The van der Waals surface area contributed by atoms with E-state index in [1.54, 1.807) is 20.1 Å². The average Bonchev–Trinajstić information content (AvgIpc) is 2.77. The van der Waals surface area contributed by atoms with Gasteiger partial charge in [0.25, 0.3) is 5.91 Å². The maximum Gasteiger partial charge on any atom is 0.339 e. The molecule has 0 radical (unpaired) electrons. The van der Waals surface area contributed by atoms with E-state index in [0.29, 0.717) is 11.3 Å². The van der Waals surface area contributed by atoms with Crippen LogP contribution in [0.5, 0.6) is 5.75 Å². The van der Waals surface area contributed by atoms with Crippen molar-refractivity contribution >= 4 is 23.5 Å². The maximum absolute atomic E-state index is 13.2. The summed E-state index contributed by atoms with van der Waals surface area (Å²) in [5.41, 5.74) is 1.86. The van der Waals surface area contributed by atoms with Gasteiger partial charge in [0.15, 0.2) is 6.10 Å². The SMILES string of the molecule is COc1ccccc1/C=C(/C(=O)O[C@H](C)C(=O)N1[C@@H](C)CCC[C@@H]1C)c1ccccc1. The third-order valence-electron chi connectivity index (χ3n) is 5.82. The lowest BCUT2D eigenvalue weighted by atomic mass is 9.97. The van der Waals surface area contributed by atoms with E-state index in [1.807, 2.05) is 59.5 Å². The van der Waals surface area contributed by atoms with Crippen LogP contribution in [0, 0.1) is 0 Å². The van der Waals surface area contributed by atoms with Gasteiger partial charge in [-0.2, -0.15) is 0 Å². The fourth-order valence-corrected chi connectivity index (χ4v) is 4.16. The van der Waals surface area contributed by atoms with Crippen molar-refractivity contribution in [1.29, 1.82) is 0 Å². The molecule has 0 spiro atoms. The standard InChI is InChI=1S/C26H31NO4/c1-18-11-10-12-19(2)27(18)25(28)20(3)31-26(29)23(21-13-6-5-7-14-21)17-22-15-8-9-16-24(22)30-4/h5-9,13-20H,10-12H2,1-4H3/b23-17+/t18-,19-,20+/m0/s1. The first-order valence-electron chi connectivity index (χ1n) is 10.9. The van der Waals surface area contributed by atoms with Gasteiger partial charge in [-0.3, -0.25) is 4.79 Å². The Bertz CT molecular complexity index is 927. The zero-order chi connectivity index (χ0) is 22.4. The van der Waals surface area contributed by atoms with Crippen molar-refractivity contribution in [2.45, 2.75) is 58.2 Å². The van der Waals surface area contributed by atoms with Crippen molar-refractivity contribution in [1.82, 2.24) is 4.90 Å². The molecule has 31 heavy (non-hydrogen) atoms. The van der Waals surface area contributed by atoms with Gasteiger partial charge < -0.3 is 14.4 Å². The van der Waals surface area contributed by atoms with E-state index in [1.165, 1.54) is 0 Å². The number of piperidine rings is 1. The van der Waals surface area contributed by atoms with Gasteiger partial charge in [-0.05, 0) is 57.7 Å². The number of ether oxygens (including phenoxy) is 2. The molecule has 1 aliphatic heterocycles. The van der Waals surface area contributed by atoms with Crippen LogP contribution in [0.15, 0.2) is 54.6 Å². The molecule has 1 saturated heterocycles. The first-order chi connectivity index (χ1) is 14.9. The number of rotatable bonds is 6. The molecule has 0 aliphatic carbocycles. The molecule has 5 nitrogen and oxygen atoms in total. The highest BCUT2D eigenvalue weighted by Crippen LogP contribution is 2.27. The van der Waals surface area contributed by atoms with E-state index in [9.17, 15) is 9.59 Å². The van der Waals surface area contributed by atoms with Gasteiger partial charge in [0, 0.05) is 17.6 Å². The third-order valence-corrected chi connectivity index (χ3v) is 5.82. The summed E-state index contributed by atoms with van der Waals surface area (Å²) in [5, 5.41) is 0. The second-order valence-corrected chi connectivity index (χ2v) is 8.09. The van der Waals surface area contributed by atoms with Crippen molar-refractivity contribution in [2.24, 2.45) is 0 Å². The van der Waals surface area contributed by atoms with Crippen LogP contribution in [-0.2, 0) is 14.3 Å². The number of likely N-dealkylation sites (tertiary alicyclic amines) is 1. The minimum atomic E-state index is -0.861. The largest absolute Gasteiger partial charge is 0.496 e. The molecule has 1 amide bonds. The number of hydrogen-bond donors (Lipinski definition) is 0. The Balaban J connectivity index is 1.87. The van der Waals surface area contributed by atoms with E-state index in [4.69, 9.17) is 9.47 Å². The highest BCUT2D eigenvalue weighted by Gasteiger charge is 2.33. The van der Waals surface area contributed by atoms with E-state index in [0.717, 1.165) is 30.4 Å². The van der Waals surface area contributed by atoms with E-state index >= 15 is 0 Å². The van der Waals surface area contributed by atoms with Crippen LogP contribution in [0.4, 0.5) is 0 Å². The number of hydrogen-bond acceptors (Lipinski definition) is 4. The summed E-state index contributed by atoms with van der Waals surface area (Å²) in [6.07, 6.45) is 3.94. The van der Waals surface area contributed by atoms with Crippen LogP contribution in [-0.4, -0.2) is 42.1 Å². The number of para-hydroxylation sites is 1. The van der Waals surface area contributed by atoms with Crippen LogP contribution in [0.2, 0.25) is 0 Å². The van der Waals surface area contributed by atoms with Gasteiger partial charge in [-0.15, -0.1) is 0 Å². The van der Waals surface area contributed by atoms with Gasteiger partial charge in [0.2, 0.25) is 0 Å². The summed E-state index contributed by atoms with van der Waals surface area (Å²) in [5.74, 6) is -0.0168. The second-order valence-electron chi connectivity index (χ2n) is 8.09. The van der Waals surface area contributed by atoms with Crippen molar-refractivity contribution in [3.05, 3.63) is 65.7 Å². The summed E-state index contributed by atoms with van der Waals surface area (Å²) in [6, 6.07) is 17.1. The Hall–Kier alpha value is -3.08. The zero-order valence-corrected chi connectivity index (χ0v) is 18.7. The molecule has 0 bridgehead atoms.